The van der Waals surface area contributed by atoms with E-state index in [1.165, 1.54) is 0 Å². The summed E-state index contributed by atoms with van der Waals surface area (Å²) < 4.78 is 7.58. The van der Waals surface area contributed by atoms with Crippen molar-refractivity contribution in [3.05, 3.63) is 64.3 Å². The molecule has 3 rings (SSSR count). The highest BCUT2D eigenvalue weighted by atomic mass is 35.5. The van der Waals surface area contributed by atoms with Crippen LogP contribution in [0.15, 0.2) is 53.7 Å². The van der Waals surface area contributed by atoms with Crippen LogP contribution < -0.4 is 4.74 Å². The van der Waals surface area contributed by atoms with Crippen LogP contribution in [-0.4, -0.2) is 34.6 Å². The van der Waals surface area contributed by atoms with Gasteiger partial charge in [-0.25, -0.2) is 9.67 Å². The molecule has 7 heteroatoms. The lowest BCUT2D eigenvalue weighted by atomic mass is 10.2. The standard InChI is InChI=1S/C20H20Cl2N4O/c1-4-25(3)13-23-18-12-17(22)19(11-14(18)2)27-20-9-10-26(24-20)16-7-5-15(21)6-8-16/h5-13H,4H2,1-3H3. The van der Waals surface area contributed by atoms with E-state index < -0.39 is 0 Å². The minimum atomic E-state index is 0.452. The van der Waals surface area contributed by atoms with Crippen molar-refractivity contribution in [1.29, 1.82) is 0 Å². The van der Waals surface area contributed by atoms with Gasteiger partial charge < -0.3 is 9.64 Å². The zero-order valence-corrected chi connectivity index (χ0v) is 16.9. The van der Waals surface area contributed by atoms with Gasteiger partial charge in [0.15, 0.2) is 0 Å². The molecule has 0 unspecified atom stereocenters. The summed E-state index contributed by atoms with van der Waals surface area (Å²) in [6.45, 7) is 4.91. The van der Waals surface area contributed by atoms with E-state index in [9.17, 15) is 0 Å². The SMILES string of the molecule is CCN(C)C=Nc1cc(Cl)c(Oc2ccn(-c3ccc(Cl)cc3)n2)cc1C. The third-order valence-electron chi connectivity index (χ3n) is 4.01. The molecule has 0 aliphatic rings. The molecule has 27 heavy (non-hydrogen) atoms. The first-order valence-corrected chi connectivity index (χ1v) is 9.26. The van der Waals surface area contributed by atoms with Gasteiger partial charge in [-0.3, -0.25) is 0 Å². The molecule has 0 aliphatic heterocycles. The number of halogens is 2. The Labute approximate surface area is 168 Å². The lowest BCUT2D eigenvalue weighted by molar-refractivity contribution is 0.457. The van der Waals surface area contributed by atoms with Gasteiger partial charge in [-0.15, -0.1) is 5.10 Å². The minimum Gasteiger partial charge on any atom is -0.436 e. The van der Waals surface area contributed by atoms with Crippen molar-refractivity contribution < 1.29 is 4.74 Å². The number of rotatable bonds is 6. The Kier molecular flexibility index (Phi) is 6.04. The number of ether oxygens (including phenoxy) is 1. The summed E-state index contributed by atoms with van der Waals surface area (Å²) in [7, 11) is 1.97. The fourth-order valence-electron chi connectivity index (χ4n) is 2.32. The predicted molar refractivity (Wildman–Crippen MR) is 111 cm³/mol. The Balaban J connectivity index is 1.79. The van der Waals surface area contributed by atoms with E-state index in [4.69, 9.17) is 27.9 Å². The third-order valence-corrected chi connectivity index (χ3v) is 4.56. The molecule has 0 saturated carbocycles. The maximum atomic E-state index is 6.38. The van der Waals surface area contributed by atoms with E-state index in [1.54, 1.807) is 23.2 Å². The summed E-state index contributed by atoms with van der Waals surface area (Å²) in [5, 5.41) is 5.58. The van der Waals surface area contributed by atoms with Crippen LogP contribution in [0.5, 0.6) is 11.6 Å². The van der Waals surface area contributed by atoms with E-state index in [0.717, 1.165) is 23.5 Å². The van der Waals surface area contributed by atoms with Gasteiger partial charge in [0.25, 0.3) is 0 Å². The fraction of sp³-hybridized carbons (Fsp3) is 0.200. The van der Waals surface area contributed by atoms with E-state index in [0.29, 0.717) is 21.7 Å². The zero-order chi connectivity index (χ0) is 19.4. The van der Waals surface area contributed by atoms with Crippen LogP contribution in [0.2, 0.25) is 10.0 Å². The van der Waals surface area contributed by atoms with Crippen LogP contribution >= 0.6 is 23.2 Å². The molecular weight excluding hydrogens is 383 g/mol. The molecular formula is C20H20Cl2N4O. The van der Waals surface area contributed by atoms with Crippen LogP contribution in [0.25, 0.3) is 5.69 Å². The van der Waals surface area contributed by atoms with Gasteiger partial charge in [0.1, 0.15) is 5.75 Å². The molecule has 0 atom stereocenters. The fourth-order valence-corrected chi connectivity index (χ4v) is 2.64. The smallest absolute Gasteiger partial charge is 0.238 e. The van der Waals surface area contributed by atoms with Crippen molar-refractivity contribution in [3.63, 3.8) is 0 Å². The van der Waals surface area contributed by atoms with Gasteiger partial charge in [0.05, 0.1) is 22.7 Å². The Morgan fingerprint density at radius 1 is 1.19 bits per heavy atom. The van der Waals surface area contributed by atoms with Gasteiger partial charge in [-0.1, -0.05) is 23.2 Å². The summed E-state index contributed by atoms with van der Waals surface area (Å²) in [4.78, 5) is 6.45. The predicted octanol–water partition coefficient (Wildman–Crippen LogP) is 5.89. The Hall–Kier alpha value is -2.50. The van der Waals surface area contributed by atoms with Crippen LogP contribution in [0, 0.1) is 6.92 Å². The van der Waals surface area contributed by atoms with Crippen molar-refractivity contribution in [2.24, 2.45) is 4.99 Å². The molecule has 1 heterocycles. The second-order valence-corrected chi connectivity index (χ2v) is 6.91. The first-order chi connectivity index (χ1) is 13.0. The van der Waals surface area contributed by atoms with Gasteiger partial charge in [0, 0.05) is 30.9 Å². The molecule has 1 aromatic heterocycles. The molecule has 0 saturated heterocycles. The number of aryl methyl sites for hydroxylation is 1. The second-order valence-electron chi connectivity index (χ2n) is 6.06. The summed E-state index contributed by atoms with van der Waals surface area (Å²) in [6.07, 6.45) is 3.60. The van der Waals surface area contributed by atoms with Crippen LogP contribution in [0.1, 0.15) is 12.5 Å². The molecule has 2 aromatic carbocycles. The second kappa shape index (κ2) is 8.46. The number of hydrogen-bond acceptors (Lipinski definition) is 3. The highest BCUT2D eigenvalue weighted by molar-refractivity contribution is 6.32. The number of hydrogen-bond donors (Lipinski definition) is 0. The van der Waals surface area contributed by atoms with E-state index in [-0.39, 0.29) is 0 Å². The minimum absolute atomic E-state index is 0.452. The number of aliphatic imine (C=N–C) groups is 1. The van der Waals surface area contributed by atoms with Gasteiger partial charge >= 0.3 is 0 Å². The number of aromatic nitrogens is 2. The summed E-state index contributed by atoms with van der Waals surface area (Å²) in [5.41, 5.74) is 2.66. The molecule has 0 radical (unpaired) electrons. The maximum absolute atomic E-state index is 6.38. The van der Waals surface area contributed by atoms with E-state index >= 15 is 0 Å². The molecule has 0 amide bonds. The Morgan fingerprint density at radius 2 is 1.93 bits per heavy atom. The van der Waals surface area contributed by atoms with E-state index in [2.05, 4.69) is 17.0 Å². The van der Waals surface area contributed by atoms with Crippen LogP contribution in [0.4, 0.5) is 5.69 Å². The normalized spacial score (nSPS) is 11.1. The highest BCUT2D eigenvalue weighted by Crippen LogP contribution is 2.34. The van der Waals surface area contributed by atoms with Crippen molar-refractivity contribution >= 4 is 35.2 Å². The molecule has 3 aromatic rings. The lowest BCUT2D eigenvalue weighted by Crippen LogP contribution is -2.14. The lowest BCUT2D eigenvalue weighted by Gasteiger charge is -2.11. The van der Waals surface area contributed by atoms with Crippen LogP contribution in [-0.2, 0) is 0 Å². The maximum Gasteiger partial charge on any atom is 0.238 e. The average molecular weight is 403 g/mol. The molecule has 0 spiro atoms. The molecule has 0 fully saturated rings. The largest absolute Gasteiger partial charge is 0.436 e. The molecule has 140 valence electrons. The third kappa shape index (κ3) is 4.81. The molecule has 0 N–H and O–H groups in total. The van der Waals surface area contributed by atoms with Gasteiger partial charge in [-0.05, 0) is 55.8 Å². The van der Waals surface area contributed by atoms with Crippen LogP contribution in [0.3, 0.4) is 0 Å². The molecule has 0 aliphatic carbocycles. The van der Waals surface area contributed by atoms with Crippen molar-refractivity contribution in [3.8, 4) is 17.3 Å². The number of nitrogens with zero attached hydrogens (tertiary/aromatic N) is 4. The average Bonchev–Trinajstić information content (AvgIpc) is 3.12. The van der Waals surface area contributed by atoms with Crippen molar-refractivity contribution in [1.82, 2.24) is 14.7 Å². The Morgan fingerprint density at radius 3 is 2.63 bits per heavy atom. The van der Waals surface area contributed by atoms with Crippen molar-refractivity contribution in [2.45, 2.75) is 13.8 Å². The topological polar surface area (TPSA) is 42.6 Å². The van der Waals surface area contributed by atoms with Gasteiger partial charge in [-0.2, -0.15) is 0 Å². The van der Waals surface area contributed by atoms with Gasteiger partial charge in [0.2, 0.25) is 5.88 Å². The molecule has 5 nitrogen and oxygen atoms in total. The summed E-state index contributed by atoms with van der Waals surface area (Å²) >= 11 is 12.3. The Bertz CT molecular complexity index is 951. The monoisotopic (exact) mass is 402 g/mol. The summed E-state index contributed by atoms with van der Waals surface area (Å²) in [6, 6.07) is 12.8. The first kappa shape index (κ1) is 19.3. The molecule has 0 bridgehead atoms. The highest BCUT2D eigenvalue weighted by Gasteiger charge is 2.10. The van der Waals surface area contributed by atoms with E-state index in [1.807, 2.05) is 55.4 Å². The number of benzene rings is 2. The quantitative estimate of drug-likeness (QED) is 0.381. The van der Waals surface area contributed by atoms with Crippen molar-refractivity contribution in [2.75, 3.05) is 13.6 Å². The first-order valence-electron chi connectivity index (χ1n) is 8.50. The zero-order valence-electron chi connectivity index (χ0n) is 15.4. The summed E-state index contributed by atoms with van der Waals surface area (Å²) in [5.74, 6) is 0.992.